The van der Waals surface area contributed by atoms with Crippen molar-refractivity contribution in [3.8, 4) is 0 Å². The maximum atomic E-state index is 13.1. The molecule has 23 heavy (non-hydrogen) atoms. The van der Waals surface area contributed by atoms with E-state index >= 15 is 0 Å². The van der Waals surface area contributed by atoms with Crippen LogP contribution in [-0.4, -0.2) is 41.0 Å². The summed E-state index contributed by atoms with van der Waals surface area (Å²) >= 11 is 0. The molecule has 2 aliphatic heterocycles. The van der Waals surface area contributed by atoms with E-state index < -0.39 is 0 Å². The minimum absolute atomic E-state index is 0.123. The first-order valence-electron chi connectivity index (χ1n) is 8.51. The van der Waals surface area contributed by atoms with Crippen molar-refractivity contribution in [2.45, 2.75) is 50.7 Å². The monoisotopic (exact) mass is 309 g/mol. The molecule has 1 aromatic carbocycles. The van der Waals surface area contributed by atoms with Crippen LogP contribution in [0.15, 0.2) is 30.3 Å². The van der Waals surface area contributed by atoms with Crippen LogP contribution in [0.1, 0.15) is 41.7 Å². The number of benzene rings is 1. The zero-order chi connectivity index (χ0) is 16.0. The Balaban J connectivity index is 1.66. The smallest absolute Gasteiger partial charge is 0.254 e. The van der Waals surface area contributed by atoms with E-state index in [4.69, 9.17) is 0 Å². The Morgan fingerprint density at radius 3 is 2.65 bits per heavy atom. The molecule has 0 radical (unpaired) electrons. The zero-order valence-corrected chi connectivity index (χ0v) is 13.7. The molecule has 2 fully saturated rings. The Labute approximate surface area is 136 Å². The van der Waals surface area contributed by atoms with Crippen molar-refractivity contribution in [2.24, 2.45) is 0 Å². The summed E-state index contributed by atoms with van der Waals surface area (Å²) in [5, 5.41) is 4.60. The number of carbonyl (C=O) groups excluding carboxylic acids is 1. The third kappa shape index (κ3) is 2.61. The molecule has 0 spiro atoms. The van der Waals surface area contributed by atoms with Gasteiger partial charge in [-0.3, -0.25) is 9.78 Å². The number of fused-ring (bicyclic) bond motifs is 3. The van der Waals surface area contributed by atoms with Gasteiger partial charge in [-0.15, -0.1) is 0 Å². The second-order valence-electron chi connectivity index (χ2n) is 7.01. The van der Waals surface area contributed by atoms with Crippen molar-refractivity contribution in [3.05, 3.63) is 41.6 Å². The lowest BCUT2D eigenvalue weighted by atomic mass is 9.97. The van der Waals surface area contributed by atoms with Crippen LogP contribution in [-0.2, 0) is 0 Å². The summed E-state index contributed by atoms with van der Waals surface area (Å²) in [6, 6.07) is 11.4. The van der Waals surface area contributed by atoms with Crippen LogP contribution in [0.4, 0.5) is 0 Å². The molecule has 0 saturated carbocycles. The van der Waals surface area contributed by atoms with Gasteiger partial charge in [0, 0.05) is 36.3 Å². The molecule has 3 heterocycles. The molecule has 1 amide bonds. The quantitative estimate of drug-likeness (QED) is 0.928. The van der Waals surface area contributed by atoms with Gasteiger partial charge in [-0.25, -0.2) is 0 Å². The van der Waals surface area contributed by atoms with E-state index in [1.54, 1.807) is 0 Å². The maximum absolute atomic E-state index is 13.1. The lowest BCUT2D eigenvalue weighted by Crippen LogP contribution is -2.48. The largest absolute Gasteiger partial charge is 0.339 e. The minimum atomic E-state index is 0.123. The van der Waals surface area contributed by atoms with Crippen molar-refractivity contribution in [3.63, 3.8) is 0 Å². The molecule has 4 rings (SSSR count). The number of nitrogens with zero attached hydrogens (tertiary/aromatic N) is 2. The molecule has 120 valence electrons. The van der Waals surface area contributed by atoms with Crippen LogP contribution in [0.5, 0.6) is 0 Å². The molecule has 1 N–H and O–H groups in total. The maximum Gasteiger partial charge on any atom is 0.254 e. The summed E-state index contributed by atoms with van der Waals surface area (Å²) in [5.41, 5.74) is 2.57. The number of amides is 1. The SMILES string of the molecule is Cc1cc(C(=O)N(C)C2CC3CCC(C2)N3)c2ccccc2n1. The van der Waals surface area contributed by atoms with Crippen LogP contribution in [0.3, 0.4) is 0 Å². The molecular weight excluding hydrogens is 286 g/mol. The van der Waals surface area contributed by atoms with Crippen molar-refractivity contribution >= 4 is 16.8 Å². The number of piperidine rings is 1. The summed E-state index contributed by atoms with van der Waals surface area (Å²) in [6.45, 7) is 1.95. The highest BCUT2D eigenvalue weighted by Crippen LogP contribution is 2.30. The van der Waals surface area contributed by atoms with Crippen molar-refractivity contribution in [2.75, 3.05) is 7.05 Å². The highest BCUT2D eigenvalue weighted by atomic mass is 16.2. The number of carbonyl (C=O) groups is 1. The zero-order valence-electron chi connectivity index (χ0n) is 13.7. The van der Waals surface area contributed by atoms with Gasteiger partial charge >= 0.3 is 0 Å². The fourth-order valence-corrected chi connectivity index (χ4v) is 4.18. The standard InChI is InChI=1S/C19H23N3O/c1-12-9-17(16-5-3-4-6-18(16)20-12)19(23)22(2)15-10-13-7-8-14(11-15)21-13/h3-6,9,13-15,21H,7-8,10-11H2,1-2H3. The molecule has 2 saturated heterocycles. The van der Waals surface area contributed by atoms with Crippen LogP contribution in [0.25, 0.3) is 10.9 Å². The van der Waals surface area contributed by atoms with E-state index in [9.17, 15) is 4.79 Å². The Morgan fingerprint density at radius 2 is 1.91 bits per heavy atom. The number of nitrogens with one attached hydrogen (secondary N) is 1. The van der Waals surface area contributed by atoms with Gasteiger partial charge in [0.25, 0.3) is 5.91 Å². The molecule has 0 aliphatic carbocycles. The topological polar surface area (TPSA) is 45.2 Å². The van der Waals surface area contributed by atoms with Gasteiger partial charge in [-0.05, 0) is 44.7 Å². The molecule has 2 unspecified atom stereocenters. The van der Waals surface area contributed by atoms with E-state index in [0.717, 1.165) is 35.0 Å². The van der Waals surface area contributed by atoms with Crippen LogP contribution in [0, 0.1) is 6.92 Å². The summed E-state index contributed by atoms with van der Waals surface area (Å²) in [5.74, 6) is 0.123. The van der Waals surface area contributed by atoms with Crippen molar-refractivity contribution < 1.29 is 4.79 Å². The van der Waals surface area contributed by atoms with Gasteiger partial charge in [-0.1, -0.05) is 18.2 Å². The first-order chi connectivity index (χ1) is 11.1. The van der Waals surface area contributed by atoms with Gasteiger partial charge in [0.05, 0.1) is 11.1 Å². The van der Waals surface area contributed by atoms with E-state index in [2.05, 4.69) is 10.3 Å². The minimum Gasteiger partial charge on any atom is -0.339 e. The molecular formula is C19H23N3O. The summed E-state index contributed by atoms with van der Waals surface area (Å²) < 4.78 is 0. The van der Waals surface area contributed by atoms with Gasteiger partial charge in [-0.2, -0.15) is 0 Å². The molecule has 4 nitrogen and oxygen atoms in total. The van der Waals surface area contributed by atoms with Gasteiger partial charge in [0.15, 0.2) is 0 Å². The number of hydrogen-bond donors (Lipinski definition) is 1. The molecule has 2 atom stereocenters. The van der Waals surface area contributed by atoms with E-state index in [-0.39, 0.29) is 5.91 Å². The molecule has 2 aromatic rings. The van der Waals surface area contributed by atoms with E-state index in [0.29, 0.717) is 18.1 Å². The Hall–Kier alpha value is -1.94. The fourth-order valence-electron chi connectivity index (χ4n) is 4.18. The number of rotatable bonds is 2. The van der Waals surface area contributed by atoms with Crippen molar-refractivity contribution in [1.29, 1.82) is 0 Å². The van der Waals surface area contributed by atoms with Crippen LogP contribution >= 0.6 is 0 Å². The number of para-hydroxylation sites is 1. The first kappa shape index (κ1) is 14.6. The van der Waals surface area contributed by atoms with Gasteiger partial charge < -0.3 is 10.2 Å². The number of hydrogen-bond acceptors (Lipinski definition) is 3. The molecule has 2 bridgehead atoms. The highest BCUT2D eigenvalue weighted by Gasteiger charge is 2.36. The molecule has 4 heteroatoms. The lowest BCUT2D eigenvalue weighted by Gasteiger charge is -2.35. The van der Waals surface area contributed by atoms with Gasteiger partial charge in [0.1, 0.15) is 0 Å². The predicted molar refractivity (Wildman–Crippen MR) is 91.5 cm³/mol. The fraction of sp³-hybridized carbons (Fsp3) is 0.474. The number of aromatic nitrogens is 1. The molecule has 2 aliphatic rings. The normalized spacial score (nSPS) is 26.4. The number of pyridine rings is 1. The Kier molecular flexibility index (Phi) is 3.57. The second kappa shape index (κ2) is 5.60. The number of aryl methyl sites for hydroxylation is 1. The average molecular weight is 309 g/mol. The predicted octanol–water partition coefficient (Wildman–Crippen LogP) is 2.90. The first-order valence-corrected chi connectivity index (χ1v) is 8.51. The Morgan fingerprint density at radius 1 is 1.22 bits per heavy atom. The van der Waals surface area contributed by atoms with Crippen LogP contribution < -0.4 is 5.32 Å². The van der Waals surface area contributed by atoms with E-state index in [1.807, 2.05) is 49.2 Å². The second-order valence-corrected chi connectivity index (χ2v) is 7.01. The van der Waals surface area contributed by atoms with E-state index in [1.165, 1.54) is 12.8 Å². The third-order valence-electron chi connectivity index (χ3n) is 5.39. The Bertz CT molecular complexity index is 745. The average Bonchev–Trinajstić information content (AvgIpc) is 2.90. The third-order valence-corrected chi connectivity index (χ3v) is 5.39. The summed E-state index contributed by atoms with van der Waals surface area (Å²) in [6.07, 6.45) is 4.64. The molecule has 1 aromatic heterocycles. The van der Waals surface area contributed by atoms with Crippen LogP contribution in [0.2, 0.25) is 0 Å². The lowest BCUT2D eigenvalue weighted by molar-refractivity contribution is 0.0683. The van der Waals surface area contributed by atoms with Gasteiger partial charge in [0.2, 0.25) is 0 Å². The highest BCUT2D eigenvalue weighted by molar-refractivity contribution is 6.06. The summed E-state index contributed by atoms with van der Waals surface area (Å²) in [4.78, 5) is 19.6. The van der Waals surface area contributed by atoms with Crippen molar-refractivity contribution in [1.82, 2.24) is 15.2 Å². The summed E-state index contributed by atoms with van der Waals surface area (Å²) in [7, 11) is 1.96.